The first-order valence-electron chi connectivity index (χ1n) is 12.3. The summed E-state index contributed by atoms with van der Waals surface area (Å²) >= 11 is 5.96. The zero-order valence-corrected chi connectivity index (χ0v) is 22.5. The van der Waals surface area contributed by atoms with Crippen molar-refractivity contribution < 1.29 is 18.0 Å². The lowest BCUT2D eigenvalue weighted by molar-refractivity contribution is -0.121. The van der Waals surface area contributed by atoms with Gasteiger partial charge in [-0.2, -0.15) is 17.8 Å². The molecule has 1 aromatic heterocycles. The molecule has 5 rings (SSSR count). The molecule has 1 amide bonds. The Morgan fingerprint density at radius 1 is 1.08 bits per heavy atom. The van der Waals surface area contributed by atoms with Crippen LogP contribution < -0.4 is 4.72 Å². The van der Waals surface area contributed by atoms with Crippen molar-refractivity contribution in [2.75, 3.05) is 20.1 Å². The van der Waals surface area contributed by atoms with Crippen molar-refractivity contribution in [3.63, 3.8) is 0 Å². The number of carbonyl (C=O) groups is 2. The largest absolute Gasteiger partial charge is 0.303 e. The Morgan fingerprint density at radius 2 is 1.76 bits per heavy atom. The van der Waals surface area contributed by atoms with Crippen molar-refractivity contribution in [2.24, 2.45) is 5.10 Å². The summed E-state index contributed by atoms with van der Waals surface area (Å²) in [6, 6.07) is 14.3. The van der Waals surface area contributed by atoms with Crippen LogP contribution in [-0.2, 0) is 19.8 Å². The molecule has 1 N–H and O–H groups in total. The van der Waals surface area contributed by atoms with E-state index in [0.717, 1.165) is 46.6 Å². The molecule has 1 fully saturated rings. The fourth-order valence-corrected chi connectivity index (χ4v) is 5.72. The molecule has 2 aromatic carbocycles. The summed E-state index contributed by atoms with van der Waals surface area (Å²) in [6.07, 6.45) is 6.49. The van der Waals surface area contributed by atoms with Gasteiger partial charge in [-0.25, -0.2) is 4.72 Å². The Morgan fingerprint density at radius 3 is 2.45 bits per heavy atom. The van der Waals surface area contributed by atoms with Crippen LogP contribution in [0.4, 0.5) is 0 Å². The van der Waals surface area contributed by atoms with Crippen LogP contribution in [0.1, 0.15) is 49.3 Å². The van der Waals surface area contributed by atoms with E-state index in [0.29, 0.717) is 19.4 Å². The minimum absolute atomic E-state index is 0.0430. The van der Waals surface area contributed by atoms with Gasteiger partial charge in [0, 0.05) is 56.8 Å². The monoisotopic (exact) mass is 556 g/mol. The van der Waals surface area contributed by atoms with E-state index in [4.69, 9.17) is 16.7 Å². The van der Waals surface area contributed by atoms with Gasteiger partial charge in [-0.1, -0.05) is 29.8 Å². The molecule has 10 nitrogen and oxygen atoms in total. The van der Waals surface area contributed by atoms with E-state index in [1.165, 1.54) is 9.87 Å². The molecule has 0 bridgehead atoms. The van der Waals surface area contributed by atoms with Gasteiger partial charge in [0.15, 0.2) is 0 Å². The third kappa shape index (κ3) is 6.91. The summed E-state index contributed by atoms with van der Waals surface area (Å²) in [6.45, 7) is 0.909. The van der Waals surface area contributed by atoms with Crippen LogP contribution in [-0.4, -0.2) is 65.7 Å². The SMILES string of the molecule is CN1N=C(c2ccc(Cl)cc2)CC1c1ccc2nccnc2c1.O=CCCC(=O)NS(=O)(=O)N1CCCC1. The predicted molar refractivity (Wildman–Crippen MR) is 146 cm³/mol. The maximum atomic E-state index is 11.5. The zero-order chi connectivity index (χ0) is 27.1. The predicted octanol–water partition coefficient (Wildman–Crippen LogP) is 3.49. The number of carbonyl (C=O) groups excluding carboxylic acids is 2. The molecule has 1 atom stereocenters. The van der Waals surface area contributed by atoms with Crippen molar-refractivity contribution in [1.82, 2.24) is 24.0 Å². The van der Waals surface area contributed by atoms with Gasteiger partial charge >= 0.3 is 10.2 Å². The second kappa shape index (κ2) is 12.4. The highest BCUT2D eigenvalue weighted by atomic mass is 35.5. The number of benzene rings is 2. The van der Waals surface area contributed by atoms with E-state index in [9.17, 15) is 18.0 Å². The highest BCUT2D eigenvalue weighted by Gasteiger charge is 2.27. The van der Waals surface area contributed by atoms with E-state index < -0.39 is 16.1 Å². The topological polar surface area (TPSA) is 125 Å². The molecular weight excluding hydrogens is 528 g/mol. The fourth-order valence-electron chi connectivity index (χ4n) is 4.33. The average Bonchev–Trinajstić information content (AvgIpc) is 3.59. The van der Waals surface area contributed by atoms with E-state index in [1.807, 2.05) is 47.1 Å². The standard InChI is InChI=1S/C18H15ClN4.C8H14N2O4S/c1-23-18(11-16(22-23)12-2-5-14(19)6-3-12)13-4-7-15-17(10-13)21-9-8-20-15;11-7-3-4-8(12)9-15(13,14)10-5-1-2-6-10/h2-10,18H,11H2,1H3;7H,1-6H2,(H,9,12). The second-order valence-corrected chi connectivity index (χ2v) is 11.1. The van der Waals surface area contributed by atoms with Crippen molar-refractivity contribution >= 4 is 50.7 Å². The number of rotatable bonds is 7. The molecule has 0 radical (unpaired) electrons. The van der Waals surface area contributed by atoms with Crippen molar-refractivity contribution in [2.45, 2.75) is 38.1 Å². The summed E-state index contributed by atoms with van der Waals surface area (Å²) in [7, 11) is -1.66. The minimum atomic E-state index is -3.67. The summed E-state index contributed by atoms with van der Waals surface area (Å²) in [5, 5.41) is 7.45. The number of nitrogens with zero attached hydrogens (tertiary/aromatic N) is 5. The van der Waals surface area contributed by atoms with Crippen LogP contribution in [0.25, 0.3) is 11.0 Å². The van der Waals surface area contributed by atoms with Crippen LogP contribution in [0, 0.1) is 0 Å². The molecule has 0 aliphatic carbocycles. The summed E-state index contributed by atoms with van der Waals surface area (Å²) in [5.74, 6) is -0.631. The fraction of sp³-hybridized carbons (Fsp3) is 0.346. The van der Waals surface area contributed by atoms with Crippen LogP contribution >= 0.6 is 11.6 Å². The second-order valence-electron chi connectivity index (χ2n) is 8.99. The number of aldehydes is 1. The first-order valence-corrected chi connectivity index (χ1v) is 14.1. The van der Waals surface area contributed by atoms with Gasteiger partial charge in [0.2, 0.25) is 5.91 Å². The molecule has 12 heteroatoms. The van der Waals surface area contributed by atoms with Gasteiger partial charge in [-0.15, -0.1) is 0 Å². The minimum Gasteiger partial charge on any atom is -0.303 e. The van der Waals surface area contributed by atoms with Gasteiger partial charge in [0.1, 0.15) is 6.29 Å². The molecule has 1 unspecified atom stereocenters. The smallest absolute Gasteiger partial charge is 0.303 e. The summed E-state index contributed by atoms with van der Waals surface area (Å²) in [5.41, 5.74) is 5.22. The zero-order valence-electron chi connectivity index (χ0n) is 21.0. The summed E-state index contributed by atoms with van der Waals surface area (Å²) in [4.78, 5) is 29.8. The van der Waals surface area contributed by atoms with E-state index >= 15 is 0 Å². The first-order chi connectivity index (χ1) is 18.3. The van der Waals surface area contributed by atoms with Gasteiger partial charge < -0.3 is 4.79 Å². The number of hydrogen-bond acceptors (Lipinski definition) is 8. The Balaban J connectivity index is 0.000000196. The van der Waals surface area contributed by atoms with Gasteiger partial charge in [0.25, 0.3) is 0 Å². The molecule has 3 heterocycles. The van der Waals surface area contributed by atoms with Gasteiger partial charge in [0.05, 0.1) is 22.8 Å². The molecule has 3 aromatic rings. The molecule has 200 valence electrons. The van der Waals surface area contributed by atoms with Crippen LogP contribution in [0.2, 0.25) is 5.02 Å². The molecule has 0 saturated carbocycles. The van der Waals surface area contributed by atoms with Crippen molar-refractivity contribution in [1.29, 1.82) is 0 Å². The number of aromatic nitrogens is 2. The van der Waals surface area contributed by atoms with Crippen molar-refractivity contribution in [3.8, 4) is 0 Å². The third-order valence-electron chi connectivity index (χ3n) is 6.31. The number of hydrazone groups is 1. The van der Waals surface area contributed by atoms with Gasteiger partial charge in [-0.05, 0) is 48.2 Å². The Labute approximate surface area is 226 Å². The number of nitrogens with one attached hydrogen (secondary N) is 1. The van der Waals surface area contributed by atoms with Crippen LogP contribution in [0.5, 0.6) is 0 Å². The summed E-state index contributed by atoms with van der Waals surface area (Å²) < 4.78 is 26.2. The quantitative estimate of drug-likeness (QED) is 0.442. The maximum Gasteiger partial charge on any atom is 0.303 e. The molecule has 2 aliphatic heterocycles. The number of fused-ring (bicyclic) bond motifs is 1. The highest BCUT2D eigenvalue weighted by molar-refractivity contribution is 7.87. The van der Waals surface area contributed by atoms with Crippen LogP contribution in [0.15, 0.2) is 60.0 Å². The third-order valence-corrected chi connectivity index (χ3v) is 8.09. The number of hydrogen-bond donors (Lipinski definition) is 1. The number of halogens is 1. The van der Waals surface area contributed by atoms with Crippen LogP contribution in [0.3, 0.4) is 0 Å². The van der Waals surface area contributed by atoms with Gasteiger partial charge in [-0.3, -0.25) is 19.8 Å². The molecule has 38 heavy (non-hydrogen) atoms. The lowest BCUT2D eigenvalue weighted by Crippen LogP contribution is -2.41. The van der Waals surface area contributed by atoms with Crippen molar-refractivity contribution in [3.05, 3.63) is 71.0 Å². The van der Waals surface area contributed by atoms with E-state index in [-0.39, 0.29) is 18.9 Å². The normalized spacial score (nSPS) is 17.6. The Kier molecular flexibility index (Phi) is 9.03. The lowest BCUT2D eigenvalue weighted by Gasteiger charge is -2.19. The van der Waals surface area contributed by atoms with E-state index in [2.05, 4.69) is 22.1 Å². The average molecular weight is 557 g/mol. The maximum absolute atomic E-state index is 11.5. The lowest BCUT2D eigenvalue weighted by atomic mass is 9.98. The van der Waals surface area contributed by atoms with E-state index in [1.54, 1.807) is 12.4 Å². The highest BCUT2D eigenvalue weighted by Crippen LogP contribution is 2.32. The molecule has 1 saturated heterocycles. The molecule has 2 aliphatic rings. The first kappa shape index (κ1) is 27.6. The molecular formula is C26H29ClN6O4S. The number of amides is 1. The Hall–Kier alpha value is -3.41. The Bertz CT molecular complexity index is 1430. The molecule has 0 spiro atoms.